The number of carbonyl (C=O) groups excluding carboxylic acids is 2. The minimum absolute atomic E-state index is 0.0324. The molecule has 10 heteroatoms. The summed E-state index contributed by atoms with van der Waals surface area (Å²) in [6.07, 6.45) is 4.73. The number of hydrogen-bond acceptors (Lipinski definition) is 5. The number of rotatable bonds is 6. The summed E-state index contributed by atoms with van der Waals surface area (Å²) < 4.78 is 51.7. The Morgan fingerprint density at radius 2 is 1.82 bits per heavy atom. The molecule has 0 radical (unpaired) electrons. The SMILES string of the molecule is Cc1c(C(=O)N(c2cccnc2)C2CCCCO2)nc(-c2c(F)cc(NC(=O)C(C)C)cc2F)c(F)c1C. The van der Waals surface area contributed by atoms with Crippen LogP contribution in [0.4, 0.5) is 24.5 Å². The smallest absolute Gasteiger partial charge is 0.279 e. The van der Waals surface area contributed by atoms with E-state index in [0.717, 1.165) is 25.0 Å². The Labute approximate surface area is 219 Å². The van der Waals surface area contributed by atoms with Crippen molar-refractivity contribution in [3.63, 3.8) is 0 Å². The monoisotopic (exact) mass is 526 g/mol. The zero-order chi connectivity index (χ0) is 27.6. The van der Waals surface area contributed by atoms with E-state index in [4.69, 9.17) is 4.74 Å². The molecule has 2 aromatic heterocycles. The number of aromatic nitrogens is 2. The van der Waals surface area contributed by atoms with Crippen LogP contribution in [0, 0.1) is 37.2 Å². The van der Waals surface area contributed by atoms with Crippen LogP contribution in [-0.4, -0.2) is 34.6 Å². The molecule has 1 aliphatic rings. The van der Waals surface area contributed by atoms with Gasteiger partial charge in [-0.2, -0.15) is 0 Å². The number of anilines is 2. The topological polar surface area (TPSA) is 84.4 Å². The van der Waals surface area contributed by atoms with Gasteiger partial charge in [0.25, 0.3) is 5.91 Å². The molecule has 1 N–H and O–H groups in total. The van der Waals surface area contributed by atoms with Crippen molar-refractivity contribution >= 4 is 23.2 Å². The number of amides is 2. The van der Waals surface area contributed by atoms with E-state index in [0.29, 0.717) is 18.7 Å². The van der Waals surface area contributed by atoms with E-state index < -0.39 is 52.7 Å². The largest absolute Gasteiger partial charge is 0.358 e. The lowest BCUT2D eigenvalue weighted by atomic mass is 10.0. The first-order valence-electron chi connectivity index (χ1n) is 12.4. The molecule has 3 heterocycles. The first-order valence-corrected chi connectivity index (χ1v) is 12.4. The van der Waals surface area contributed by atoms with Gasteiger partial charge in [0, 0.05) is 24.4 Å². The summed E-state index contributed by atoms with van der Waals surface area (Å²) >= 11 is 0. The molecule has 0 spiro atoms. The van der Waals surface area contributed by atoms with Crippen molar-refractivity contribution in [3.05, 3.63) is 70.9 Å². The molecular weight excluding hydrogens is 497 g/mol. The van der Waals surface area contributed by atoms with E-state index >= 15 is 13.2 Å². The third-order valence-electron chi connectivity index (χ3n) is 6.54. The molecular formula is C28H29F3N4O3. The molecule has 0 bridgehead atoms. The fraction of sp³-hybridized carbons (Fsp3) is 0.357. The van der Waals surface area contributed by atoms with Gasteiger partial charge in [0.15, 0.2) is 5.82 Å². The number of halogens is 3. The summed E-state index contributed by atoms with van der Waals surface area (Å²) in [5.41, 5.74) is -0.912. The number of nitrogens with zero attached hydrogens (tertiary/aromatic N) is 3. The van der Waals surface area contributed by atoms with Crippen molar-refractivity contribution in [2.75, 3.05) is 16.8 Å². The lowest BCUT2D eigenvalue weighted by Gasteiger charge is -2.34. The van der Waals surface area contributed by atoms with Crippen molar-refractivity contribution < 1.29 is 27.5 Å². The highest BCUT2D eigenvalue weighted by molar-refractivity contribution is 6.06. The van der Waals surface area contributed by atoms with E-state index in [2.05, 4.69) is 15.3 Å². The van der Waals surface area contributed by atoms with Crippen LogP contribution in [0.5, 0.6) is 0 Å². The van der Waals surface area contributed by atoms with E-state index in [1.54, 1.807) is 32.2 Å². The number of carbonyl (C=O) groups is 2. The van der Waals surface area contributed by atoms with Gasteiger partial charge in [-0.05, 0) is 68.5 Å². The van der Waals surface area contributed by atoms with Crippen LogP contribution in [-0.2, 0) is 9.53 Å². The van der Waals surface area contributed by atoms with Gasteiger partial charge in [-0.15, -0.1) is 0 Å². The molecule has 3 aromatic rings. The van der Waals surface area contributed by atoms with Gasteiger partial charge in [-0.1, -0.05) is 13.8 Å². The van der Waals surface area contributed by atoms with Gasteiger partial charge < -0.3 is 10.1 Å². The molecule has 38 heavy (non-hydrogen) atoms. The maximum absolute atomic E-state index is 15.4. The van der Waals surface area contributed by atoms with Crippen molar-refractivity contribution in [2.24, 2.45) is 5.92 Å². The highest BCUT2D eigenvalue weighted by atomic mass is 19.1. The maximum atomic E-state index is 15.4. The van der Waals surface area contributed by atoms with E-state index in [1.807, 2.05) is 0 Å². The molecule has 4 rings (SSSR count). The fourth-order valence-corrected chi connectivity index (χ4v) is 4.25. The summed E-state index contributed by atoms with van der Waals surface area (Å²) in [5, 5.41) is 2.42. The van der Waals surface area contributed by atoms with Gasteiger partial charge in [0.05, 0.1) is 17.4 Å². The average molecular weight is 527 g/mol. The van der Waals surface area contributed by atoms with Crippen LogP contribution in [0.25, 0.3) is 11.3 Å². The van der Waals surface area contributed by atoms with Crippen molar-refractivity contribution in [1.29, 1.82) is 0 Å². The summed E-state index contributed by atoms with van der Waals surface area (Å²) in [4.78, 5) is 35.6. The molecule has 7 nitrogen and oxygen atoms in total. The van der Waals surface area contributed by atoms with Crippen molar-refractivity contribution in [2.45, 2.75) is 53.2 Å². The van der Waals surface area contributed by atoms with Crippen LogP contribution in [0.3, 0.4) is 0 Å². The summed E-state index contributed by atoms with van der Waals surface area (Å²) in [7, 11) is 0. The van der Waals surface area contributed by atoms with Gasteiger partial charge >= 0.3 is 0 Å². The van der Waals surface area contributed by atoms with Gasteiger partial charge in [-0.3, -0.25) is 19.5 Å². The fourth-order valence-electron chi connectivity index (χ4n) is 4.25. The zero-order valence-corrected chi connectivity index (χ0v) is 21.6. The summed E-state index contributed by atoms with van der Waals surface area (Å²) in [5.74, 6) is -4.65. The lowest BCUT2D eigenvalue weighted by molar-refractivity contribution is -0.118. The van der Waals surface area contributed by atoms with Crippen LogP contribution < -0.4 is 10.2 Å². The van der Waals surface area contributed by atoms with Gasteiger partial charge in [0.1, 0.15) is 29.3 Å². The molecule has 200 valence electrons. The quantitative estimate of drug-likeness (QED) is 0.429. The number of ether oxygens (including phenoxy) is 1. The first kappa shape index (κ1) is 27.3. The minimum atomic E-state index is -1.13. The van der Waals surface area contributed by atoms with E-state index in [9.17, 15) is 9.59 Å². The van der Waals surface area contributed by atoms with Crippen molar-refractivity contribution in [3.8, 4) is 11.3 Å². The maximum Gasteiger partial charge on any atom is 0.279 e. The Kier molecular flexibility index (Phi) is 8.11. The van der Waals surface area contributed by atoms with E-state index in [1.165, 1.54) is 24.9 Å². The molecule has 0 saturated carbocycles. The molecule has 2 amide bonds. The normalized spacial score (nSPS) is 15.4. The molecule has 1 unspecified atom stereocenters. The van der Waals surface area contributed by atoms with E-state index in [-0.39, 0.29) is 22.5 Å². The zero-order valence-electron chi connectivity index (χ0n) is 21.6. The Morgan fingerprint density at radius 1 is 1.11 bits per heavy atom. The van der Waals surface area contributed by atoms with Gasteiger partial charge in [-0.25, -0.2) is 18.2 Å². The standard InChI is InChI=1S/C28H29F3N4O3/c1-15(2)27(36)33-18-12-20(29)23(21(30)13-18)26-24(31)16(3)17(4)25(34-26)28(37)35(19-8-7-10-32-14-19)22-9-5-6-11-38-22/h7-8,10,12-15,22H,5-6,9,11H2,1-4H3,(H,33,36). The third kappa shape index (κ3) is 5.40. The Hall–Kier alpha value is -3.79. The Balaban J connectivity index is 1.81. The second-order valence-corrected chi connectivity index (χ2v) is 9.54. The van der Waals surface area contributed by atoms with Crippen LogP contribution in [0.2, 0.25) is 0 Å². The number of nitrogens with one attached hydrogen (secondary N) is 1. The second-order valence-electron chi connectivity index (χ2n) is 9.54. The number of pyridine rings is 2. The molecule has 1 aromatic carbocycles. The van der Waals surface area contributed by atoms with Crippen LogP contribution in [0.1, 0.15) is 54.7 Å². The molecule has 1 fully saturated rings. The first-order chi connectivity index (χ1) is 18.1. The number of hydrogen-bond donors (Lipinski definition) is 1. The van der Waals surface area contributed by atoms with Gasteiger partial charge in [0.2, 0.25) is 5.91 Å². The summed E-state index contributed by atoms with van der Waals surface area (Å²) in [6, 6.07) is 5.16. The highest BCUT2D eigenvalue weighted by Gasteiger charge is 2.33. The minimum Gasteiger partial charge on any atom is -0.358 e. The summed E-state index contributed by atoms with van der Waals surface area (Å²) in [6.45, 7) is 6.69. The molecule has 1 atom stereocenters. The van der Waals surface area contributed by atoms with Crippen LogP contribution in [0.15, 0.2) is 36.7 Å². The van der Waals surface area contributed by atoms with Crippen LogP contribution >= 0.6 is 0 Å². The predicted octanol–water partition coefficient (Wildman–Crippen LogP) is 5.95. The Bertz CT molecular complexity index is 1340. The second kappa shape index (κ2) is 11.3. The highest BCUT2D eigenvalue weighted by Crippen LogP contribution is 2.34. The molecule has 0 aliphatic carbocycles. The molecule has 1 saturated heterocycles. The van der Waals surface area contributed by atoms with Crippen molar-refractivity contribution in [1.82, 2.24) is 9.97 Å². The average Bonchev–Trinajstić information content (AvgIpc) is 2.89. The third-order valence-corrected chi connectivity index (χ3v) is 6.54. The molecule has 1 aliphatic heterocycles. The lowest BCUT2D eigenvalue weighted by Crippen LogP contribution is -2.44. The predicted molar refractivity (Wildman–Crippen MR) is 137 cm³/mol. The Morgan fingerprint density at radius 3 is 2.39 bits per heavy atom. The number of benzene rings is 1.